The van der Waals surface area contributed by atoms with E-state index in [9.17, 15) is 19.6 Å². The second-order valence-electron chi connectivity index (χ2n) is 11.4. The molecule has 2 unspecified atom stereocenters. The first-order valence-corrected chi connectivity index (χ1v) is 17.1. The number of nitriles is 1. The molecule has 1 aromatic heterocycles. The Labute approximate surface area is 288 Å². The van der Waals surface area contributed by atoms with Gasteiger partial charge >= 0.3 is 0 Å². The van der Waals surface area contributed by atoms with Crippen molar-refractivity contribution in [3.63, 3.8) is 0 Å². The summed E-state index contributed by atoms with van der Waals surface area (Å²) in [6.07, 6.45) is 4.36. The van der Waals surface area contributed by atoms with E-state index in [0.29, 0.717) is 44.8 Å². The number of rotatable bonds is 11. The monoisotopic (exact) mass is 680 g/mol. The average molecular weight is 681 g/mol. The molecule has 0 fully saturated rings. The van der Waals surface area contributed by atoms with Crippen LogP contribution in [0.5, 0.6) is 11.5 Å². The minimum absolute atomic E-state index is 0.000502. The molecule has 11 heteroatoms. The number of nitrogens with zero attached hydrogens (tertiary/aromatic N) is 1. The highest BCUT2D eigenvalue weighted by molar-refractivity contribution is 8.00. The normalized spacial score (nSPS) is 14.6. The number of thioether (sulfide) groups is 1. The Balaban J connectivity index is 1.32. The van der Waals surface area contributed by atoms with E-state index in [4.69, 9.17) is 9.47 Å². The Hall–Kier alpha value is -5.05. The van der Waals surface area contributed by atoms with Gasteiger partial charge in [0, 0.05) is 32.7 Å². The zero-order valence-corrected chi connectivity index (χ0v) is 28.7. The van der Waals surface area contributed by atoms with Gasteiger partial charge in [-0.25, -0.2) is 0 Å². The number of carbonyl (C=O) groups is 3. The van der Waals surface area contributed by atoms with Crippen molar-refractivity contribution >= 4 is 57.6 Å². The zero-order chi connectivity index (χ0) is 34.2. The summed E-state index contributed by atoms with van der Waals surface area (Å²) in [6, 6.07) is 23.2. The van der Waals surface area contributed by atoms with Crippen LogP contribution in [0.3, 0.4) is 0 Å². The highest BCUT2D eigenvalue weighted by atomic mass is 32.2. The Morgan fingerprint density at radius 3 is 2.54 bits per heavy atom. The summed E-state index contributed by atoms with van der Waals surface area (Å²) in [5, 5.41) is 18.5. The first-order valence-electron chi connectivity index (χ1n) is 15.4. The summed E-state index contributed by atoms with van der Waals surface area (Å²) >= 11 is 2.83. The predicted octanol–water partition coefficient (Wildman–Crippen LogP) is 7.29. The van der Waals surface area contributed by atoms with Crippen molar-refractivity contribution in [3.05, 3.63) is 106 Å². The van der Waals surface area contributed by atoms with E-state index in [-0.39, 0.29) is 11.6 Å². The molecule has 0 bridgehead atoms. The number of hydrogen-bond donors (Lipinski definition) is 3. The number of anilines is 2. The maximum atomic E-state index is 13.7. The molecule has 48 heavy (non-hydrogen) atoms. The van der Waals surface area contributed by atoms with Gasteiger partial charge in [-0.05, 0) is 86.2 Å². The van der Waals surface area contributed by atoms with Crippen LogP contribution < -0.4 is 25.4 Å². The molecule has 246 valence electrons. The van der Waals surface area contributed by atoms with Crippen LogP contribution in [0.25, 0.3) is 6.08 Å². The topological polar surface area (TPSA) is 130 Å². The number of fused-ring (bicyclic) bond motifs is 1. The molecular formula is C37H36N4O5S2. The molecule has 4 aromatic rings. The Bertz CT molecular complexity index is 1900. The fourth-order valence-corrected chi connectivity index (χ4v) is 7.60. The molecule has 3 N–H and O–H groups in total. The second-order valence-corrected chi connectivity index (χ2v) is 13.9. The van der Waals surface area contributed by atoms with Crippen LogP contribution in [-0.2, 0) is 22.4 Å². The van der Waals surface area contributed by atoms with Crippen molar-refractivity contribution < 1.29 is 23.9 Å². The van der Waals surface area contributed by atoms with E-state index in [2.05, 4.69) is 28.9 Å². The van der Waals surface area contributed by atoms with Crippen LogP contribution >= 0.6 is 23.1 Å². The van der Waals surface area contributed by atoms with Crippen molar-refractivity contribution in [1.29, 1.82) is 5.26 Å². The molecule has 3 aromatic carbocycles. The highest BCUT2D eigenvalue weighted by Gasteiger charge is 2.26. The fraction of sp³-hybridized carbons (Fsp3) is 0.243. The second kappa shape index (κ2) is 15.7. The summed E-state index contributed by atoms with van der Waals surface area (Å²) in [5.41, 5.74) is 3.07. The minimum Gasteiger partial charge on any atom is -0.497 e. The van der Waals surface area contributed by atoms with E-state index < -0.39 is 17.1 Å². The fourth-order valence-electron chi connectivity index (χ4n) is 5.31. The maximum absolute atomic E-state index is 13.7. The van der Waals surface area contributed by atoms with Gasteiger partial charge in [0.25, 0.3) is 11.8 Å². The quantitative estimate of drug-likeness (QED) is 0.112. The van der Waals surface area contributed by atoms with Crippen LogP contribution in [0.2, 0.25) is 0 Å². The molecule has 9 nitrogen and oxygen atoms in total. The van der Waals surface area contributed by atoms with E-state index in [1.807, 2.05) is 6.07 Å². The first kappa shape index (κ1) is 34.3. The van der Waals surface area contributed by atoms with Crippen LogP contribution in [0.15, 0.2) is 83.4 Å². The summed E-state index contributed by atoms with van der Waals surface area (Å²) in [4.78, 5) is 41.9. The predicted molar refractivity (Wildman–Crippen MR) is 191 cm³/mol. The van der Waals surface area contributed by atoms with Crippen LogP contribution in [0.4, 0.5) is 10.7 Å². The summed E-state index contributed by atoms with van der Waals surface area (Å²) in [6.45, 7) is 4.01. The molecular weight excluding hydrogens is 645 g/mol. The van der Waals surface area contributed by atoms with E-state index in [0.717, 1.165) is 29.7 Å². The number of nitrogens with one attached hydrogen (secondary N) is 3. The van der Waals surface area contributed by atoms with Gasteiger partial charge in [0.15, 0.2) is 0 Å². The van der Waals surface area contributed by atoms with Crippen molar-refractivity contribution in [1.82, 2.24) is 5.32 Å². The molecule has 2 atom stereocenters. The van der Waals surface area contributed by atoms with Crippen LogP contribution in [-0.4, -0.2) is 37.2 Å². The van der Waals surface area contributed by atoms with Gasteiger partial charge < -0.3 is 25.4 Å². The third-order valence-corrected chi connectivity index (χ3v) is 10.2. The lowest BCUT2D eigenvalue weighted by atomic mass is 9.89. The maximum Gasteiger partial charge on any atom is 0.272 e. The number of thiophene rings is 1. The van der Waals surface area contributed by atoms with Gasteiger partial charge in [-0.2, -0.15) is 5.26 Å². The summed E-state index contributed by atoms with van der Waals surface area (Å²) in [5.74, 6) is 0.387. The molecule has 0 saturated heterocycles. The van der Waals surface area contributed by atoms with Gasteiger partial charge in [0.2, 0.25) is 5.91 Å². The Morgan fingerprint density at radius 2 is 1.81 bits per heavy atom. The molecule has 0 saturated carbocycles. The molecule has 1 aliphatic rings. The van der Waals surface area contributed by atoms with Gasteiger partial charge in [-0.3, -0.25) is 14.4 Å². The van der Waals surface area contributed by atoms with Crippen molar-refractivity contribution in [2.45, 2.75) is 43.3 Å². The first-order chi connectivity index (χ1) is 23.2. The van der Waals surface area contributed by atoms with Crippen LogP contribution in [0, 0.1) is 17.2 Å². The summed E-state index contributed by atoms with van der Waals surface area (Å²) in [7, 11) is 3.05. The smallest absolute Gasteiger partial charge is 0.272 e. The Kier molecular flexibility index (Phi) is 11.2. The molecule has 1 aliphatic carbocycles. The molecule has 1 heterocycles. The molecule has 3 amide bonds. The van der Waals surface area contributed by atoms with E-state index in [1.165, 1.54) is 41.2 Å². The van der Waals surface area contributed by atoms with Crippen molar-refractivity contribution in [2.75, 3.05) is 24.9 Å². The third kappa shape index (κ3) is 8.26. The van der Waals surface area contributed by atoms with E-state index in [1.54, 1.807) is 80.8 Å². The van der Waals surface area contributed by atoms with Gasteiger partial charge in [0.1, 0.15) is 28.3 Å². The van der Waals surface area contributed by atoms with Gasteiger partial charge in [0.05, 0.1) is 25.0 Å². The van der Waals surface area contributed by atoms with Gasteiger partial charge in [-0.15, -0.1) is 23.1 Å². The van der Waals surface area contributed by atoms with Crippen LogP contribution in [0.1, 0.15) is 52.2 Å². The summed E-state index contributed by atoms with van der Waals surface area (Å²) < 4.78 is 10.8. The zero-order valence-electron chi connectivity index (χ0n) is 27.1. The van der Waals surface area contributed by atoms with Crippen molar-refractivity contribution in [2.24, 2.45) is 5.92 Å². The lowest BCUT2D eigenvalue weighted by molar-refractivity contribution is -0.115. The molecule has 0 aliphatic heterocycles. The van der Waals surface area contributed by atoms with Gasteiger partial charge in [-0.1, -0.05) is 31.2 Å². The van der Waals surface area contributed by atoms with Crippen molar-refractivity contribution in [3.8, 4) is 17.6 Å². The third-order valence-electron chi connectivity index (χ3n) is 7.90. The Morgan fingerprint density at radius 1 is 1.02 bits per heavy atom. The SMILES string of the molecule is COc1ccc(/C=C(/NC(=O)c2ccccc2)C(=O)Nc2cccc(SC(C)C(=O)Nc3sc4c(c3C#N)CCC(C)C4)c2)c(OC)c1. The lowest BCUT2D eigenvalue weighted by Gasteiger charge is -2.17. The van der Waals surface area contributed by atoms with E-state index >= 15 is 0 Å². The average Bonchev–Trinajstić information content (AvgIpc) is 3.44. The number of hydrogen-bond acceptors (Lipinski definition) is 8. The number of benzene rings is 3. The number of ether oxygens (including phenoxy) is 2. The molecule has 0 spiro atoms. The number of methoxy groups -OCH3 is 2. The standard InChI is InChI=1S/C37H36N4O5S2/c1-22-13-16-29-30(21-38)37(48-33(29)17-22)41-34(42)23(2)47-28-12-8-11-26(19-28)39-36(44)31(40-35(43)24-9-6-5-7-10-24)18-25-14-15-27(45-3)20-32(25)46-4/h5-12,14-15,18-20,22-23H,13,16-17H2,1-4H3,(H,39,44)(H,40,43)(H,41,42)/b31-18+. The largest absolute Gasteiger partial charge is 0.497 e. The highest BCUT2D eigenvalue weighted by Crippen LogP contribution is 2.39. The lowest BCUT2D eigenvalue weighted by Crippen LogP contribution is -2.30. The molecule has 0 radical (unpaired) electrons. The minimum atomic E-state index is -0.551. The number of amides is 3. The molecule has 5 rings (SSSR count). The number of carbonyl (C=O) groups excluding carboxylic acids is 3.